The van der Waals surface area contributed by atoms with Crippen LogP contribution in [0.1, 0.15) is 11.5 Å². The maximum Gasteiger partial charge on any atom is 0.227 e. The highest BCUT2D eigenvalue weighted by Gasteiger charge is 2.08. The van der Waals surface area contributed by atoms with Gasteiger partial charge in [-0.2, -0.15) is 0 Å². The van der Waals surface area contributed by atoms with Gasteiger partial charge in [-0.25, -0.2) is 4.98 Å². The van der Waals surface area contributed by atoms with Gasteiger partial charge in [0.05, 0.1) is 10.6 Å². The van der Waals surface area contributed by atoms with E-state index in [0.717, 1.165) is 15.6 Å². The number of nitrogens with zero attached hydrogens (tertiary/aromatic N) is 1. The first-order valence-corrected chi connectivity index (χ1v) is 7.86. The first-order chi connectivity index (χ1) is 10.3. The van der Waals surface area contributed by atoms with Crippen molar-refractivity contribution < 1.29 is 14.3 Å². The van der Waals surface area contributed by atoms with Crippen LogP contribution in [0.3, 0.4) is 0 Å². The third-order valence-electron chi connectivity index (χ3n) is 2.67. The molecule has 108 valence electrons. The molecule has 0 fully saturated rings. The number of rotatable bonds is 5. The van der Waals surface area contributed by atoms with Gasteiger partial charge in [0.15, 0.2) is 0 Å². The fourth-order valence-electron chi connectivity index (χ4n) is 1.67. The minimum atomic E-state index is -0.320. The van der Waals surface area contributed by atoms with Crippen molar-refractivity contribution in [2.24, 2.45) is 0 Å². The summed E-state index contributed by atoms with van der Waals surface area (Å²) in [6.07, 6.45) is 1.21. The molecular formula is C14H11NO4S2. The molecule has 3 aromatic heterocycles. The SMILES string of the molecule is O=c1cc(CO)occ1OCc1csc(-c2cccs2)n1. The summed E-state index contributed by atoms with van der Waals surface area (Å²) < 4.78 is 10.5. The van der Waals surface area contributed by atoms with E-state index in [9.17, 15) is 4.79 Å². The molecule has 0 bridgehead atoms. The molecule has 0 aliphatic heterocycles. The molecule has 5 nitrogen and oxygen atoms in total. The Morgan fingerprint density at radius 3 is 3.00 bits per heavy atom. The highest BCUT2D eigenvalue weighted by Crippen LogP contribution is 2.28. The third-order valence-corrected chi connectivity index (χ3v) is 4.60. The van der Waals surface area contributed by atoms with Crippen molar-refractivity contribution in [3.05, 3.63) is 56.9 Å². The second-order valence-corrected chi connectivity index (χ2v) is 5.95. The Bertz CT molecular complexity index is 776. The van der Waals surface area contributed by atoms with Crippen molar-refractivity contribution in [3.63, 3.8) is 0 Å². The van der Waals surface area contributed by atoms with E-state index >= 15 is 0 Å². The van der Waals surface area contributed by atoms with Gasteiger partial charge in [0, 0.05) is 11.4 Å². The zero-order valence-corrected chi connectivity index (χ0v) is 12.4. The average molecular weight is 321 g/mol. The van der Waals surface area contributed by atoms with Crippen LogP contribution < -0.4 is 10.2 Å². The first-order valence-electron chi connectivity index (χ1n) is 6.10. The van der Waals surface area contributed by atoms with E-state index in [1.54, 1.807) is 11.3 Å². The van der Waals surface area contributed by atoms with Crippen LogP contribution in [0.4, 0.5) is 0 Å². The van der Waals surface area contributed by atoms with Crippen LogP contribution in [0.2, 0.25) is 0 Å². The maximum absolute atomic E-state index is 11.7. The lowest BCUT2D eigenvalue weighted by atomic mass is 10.4. The van der Waals surface area contributed by atoms with Crippen molar-refractivity contribution in [2.45, 2.75) is 13.2 Å². The molecule has 21 heavy (non-hydrogen) atoms. The number of aliphatic hydroxyl groups excluding tert-OH is 1. The molecule has 3 heterocycles. The molecule has 3 rings (SSSR count). The van der Waals surface area contributed by atoms with Crippen LogP contribution >= 0.6 is 22.7 Å². The van der Waals surface area contributed by atoms with Gasteiger partial charge in [-0.3, -0.25) is 4.79 Å². The van der Waals surface area contributed by atoms with E-state index in [0.29, 0.717) is 0 Å². The molecule has 3 aromatic rings. The number of hydrogen-bond donors (Lipinski definition) is 1. The van der Waals surface area contributed by atoms with E-state index in [1.807, 2.05) is 22.9 Å². The second-order valence-electron chi connectivity index (χ2n) is 4.14. The molecule has 1 N–H and O–H groups in total. The maximum atomic E-state index is 11.7. The Labute approximate surface area is 128 Å². The Balaban J connectivity index is 1.69. The molecule has 0 atom stereocenters. The monoisotopic (exact) mass is 321 g/mol. The molecule has 0 aliphatic carbocycles. The molecule has 0 spiro atoms. The van der Waals surface area contributed by atoms with Gasteiger partial charge in [-0.1, -0.05) is 6.07 Å². The van der Waals surface area contributed by atoms with E-state index in [-0.39, 0.29) is 30.2 Å². The standard InChI is InChI=1S/C14H11NO4S2/c16-5-10-4-11(17)12(7-18-10)19-6-9-8-21-14(15-9)13-2-1-3-20-13/h1-4,7-8,16H,5-6H2. The van der Waals surface area contributed by atoms with Crippen molar-refractivity contribution >= 4 is 22.7 Å². The number of thiophene rings is 1. The highest BCUT2D eigenvalue weighted by atomic mass is 32.1. The van der Waals surface area contributed by atoms with Crippen molar-refractivity contribution in [3.8, 4) is 15.6 Å². The quantitative estimate of drug-likeness (QED) is 0.782. The normalized spacial score (nSPS) is 10.7. The Morgan fingerprint density at radius 1 is 1.38 bits per heavy atom. The number of hydrogen-bond acceptors (Lipinski definition) is 7. The molecule has 0 saturated heterocycles. The summed E-state index contributed by atoms with van der Waals surface area (Å²) in [5, 5.41) is 13.7. The zero-order valence-electron chi connectivity index (χ0n) is 10.8. The van der Waals surface area contributed by atoms with Crippen molar-refractivity contribution in [1.29, 1.82) is 0 Å². The summed E-state index contributed by atoms with van der Waals surface area (Å²) in [5.41, 5.74) is 0.438. The van der Waals surface area contributed by atoms with E-state index < -0.39 is 0 Å². The number of ether oxygens (including phenoxy) is 1. The van der Waals surface area contributed by atoms with Gasteiger partial charge < -0.3 is 14.3 Å². The van der Waals surface area contributed by atoms with Gasteiger partial charge in [-0.15, -0.1) is 22.7 Å². The number of aromatic nitrogens is 1. The van der Waals surface area contributed by atoms with Gasteiger partial charge in [-0.05, 0) is 11.4 Å². The fraction of sp³-hybridized carbons (Fsp3) is 0.143. The smallest absolute Gasteiger partial charge is 0.227 e. The van der Waals surface area contributed by atoms with Crippen molar-refractivity contribution in [1.82, 2.24) is 4.98 Å². The second kappa shape index (κ2) is 6.21. The van der Waals surface area contributed by atoms with E-state index in [4.69, 9.17) is 14.3 Å². The topological polar surface area (TPSA) is 72.6 Å². The van der Waals surface area contributed by atoms with Crippen LogP contribution in [0.15, 0.2) is 44.4 Å². The van der Waals surface area contributed by atoms with Crippen LogP contribution in [0, 0.1) is 0 Å². The fourth-order valence-corrected chi connectivity index (χ4v) is 3.28. The van der Waals surface area contributed by atoms with Crippen LogP contribution in [0.5, 0.6) is 5.75 Å². The summed E-state index contributed by atoms with van der Waals surface area (Å²) >= 11 is 3.17. The number of aliphatic hydroxyl groups is 1. The summed E-state index contributed by atoms with van der Waals surface area (Å²) in [4.78, 5) is 17.3. The van der Waals surface area contributed by atoms with E-state index in [2.05, 4.69) is 4.98 Å². The minimum Gasteiger partial charge on any atom is -0.480 e. The predicted molar refractivity (Wildman–Crippen MR) is 80.7 cm³/mol. The van der Waals surface area contributed by atoms with Gasteiger partial charge in [0.1, 0.15) is 30.2 Å². The van der Waals surface area contributed by atoms with Crippen LogP contribution in [-0.2, 0) is 13.2 Å². The molecule has 0 saturated carbocycles. The lowest BCUT2D eigenvalue weighted by Crippen LogP contribution is -2.08. The first kappa shape index (κ1) is 14.0. The Kier molecular flexibility index (Phi) is 4.14. The Hall–Kier alpha value is -1.96. The summed E-state index contributed by atoms with van der Waals surface area (Å²) in [7, 11) is 0. The molecule has 0 unspecified atom stereocenters. The van der Waals surface area contributed by atoms with Gasteiger partial charge >= 0.3 is 0 Å². The molecular weight excluding hydrogens is 310 g/mol. The van der Waals surface area contributed by atoms with Crippen molar-refractivity contribution in [2.75, 3.05) is 0 Å². The third kappa shape index (κ3) is 3.21. The molecule has 0 amide bonds. The summed E-state index contributed by atoms with van der Waals surface area (Å²) in [6.45, 7) is -0.114. The summed E-state index contributed by atoms with van der Waals surface area (Å²) in [5.74, 6) is 0.318. The molecule has 7 heteroatoms. The van der Waals surface area contributed by atoms with Gasteiger partial charge in [0.25, 0.3) is 0 Å². The van der Waals surface area contributed by atoms with Crippen LogP contribution in [-0.4, -0.2) is 10.1 Å². The average Bonchev–Trinajstić information content (AvgIpc) is 3.16. The van der Waals surface area contributed by atoms with Crippen LogP contribution in [0.25, 0.3) is 9.88 Å². The number of thiazole rings is 1. The molecule has 0 aromatic carbocycles. The largest absolute Gasteiger partial charge is 0.480 e. The van der Waals surface area contributed by atoms with Gasteiger partial charge in [0.2, 0.25) is 11.2 Å². The molecule has 0 aliphatic rings. The summed E-state index contributed by atoms with van der Waals surface area (Å²) in [6, 6.07) is 5.20. The molecule has 0 radical (unpaired) electrons. The lowest BCUT2D eigenvalue weighted by molar-refractivity contribution is 0.235. The highest BCUT2D eigenvalue weighted by molar-refractivity contribution is 7.20. The predicted octanol–water partition coefficient (Wildman–Crippen LogP) is 2.90. The minimum absolute atomic E-state index is 0.109. The Morgan fingerprint density at radius 2 is 2.29 bits per heavy atom. The lowest BCUT2D eigenvalue weighted by Gasteiger charge is -2.03. The van der Waals surface area contributed by atoms with E-state index in [1.165, 1.54) is 23.7 Å². The zero-order chi connectivity index (χ0) is 14.7.